The van der Waals surface area contributed by atoms with E-state index in [2.05, 4.69) is 15.8 Å². The van der Waals surface area contributed by atoms with E-state index in [1.54, 1.807) is 6.07 Å². The molecule has 2 amide bonds. The highest BCUT2D eigenvalue weighted by Gasteiger charge is 2.18. The zero-order valence-electron chi connectivity index (χ0n) is 22.5. The van der Waals surface area contributed by atoms with Crippen LogP contribution in [0.3, 0.4) is 0 Å². The highest BCUT2D eigenvalue weighted by molar-refractivity contribution is 5.97. The van der Waals surface area contributed by atoms with Gasteiger partial charge >= 0.3 is 5.97 Å². The number of hydrogen-bond donors (Lipinski definition) is 2. The Morgan fingerprint density at radius 2 is 1.46 bits per heavy atom. The van der Waals surface area contributed by atoms with E-state index in [9.17, 15) is 24.5 Å². The van der Waals surface area contributed by atoms with E-state index < -0.39 is 22.7 Å². The Labute approximate surface area is 234 Å². The number of amides is 2. The zero-order chi connectivity index (χ0) is 29.9. The lowest BCUT2D eigenvalue weighted by Crippen LogP contribution is -2.34. The molecule has 41 heavy (non-hydrogen) atoms. The number of carbonyl (C=O) groups excluding carboxylic acids is 3. The number of nitrogens with zero attached hydrogens (tertiary/aromatic N) is 2. The molecular formula is C27H26N4O10. The Bertz CT molecular complexity index is 1450. The van der Waals surface area contributed by atoms with Crippen molar-refractivity contribution in [2.24, 2.45) is 5.10 Å². The Kier molecular flexibility index (Phi) is 10.2. The number of carbonyl (C=O) groups is 3. The first-order valence-corrected chi connectivity index (χ1v) is 11.8. The number of hydrogen-bond acceptors (Lipinski definition) is 11. The smallest absolute Gasteiger partial charge is 0.343 e. The molecule has 0 aliphatic carbocycles. The molecule has 0 radical (unpaired) electrons. The lowest BCUT2D eigenvalue weighted by atomic mass is 10.1. The summed E-state index contributed by atoms with van der Waals surface area (Å²) in [5, 5.41) is 17.1. The first-order valence-electron chi connectivity index (χ1n) is 11.8. The summed E-state index contributed by atoms with van der Waals surface area (Å²) in [5.41, 5.74) is 2.94. The first-order chi connectivity index (χ1) is 19.7. The van der Waals surface area contributed by atoms with Crippen LogP contribution in [-0.2, 0) is 4.79 Å². The topological polar surface area (TPSA) is 177 Å². The van der Waals surface area contributed by atoms with E-state index in [0.29, 0.717) is 11.3 Å². The second-order valence-corrected chi connectivity index (χ2v) is 7.99. The van der Waals surface area contributed by atoms with E-state index in [1.165, 1.54) is 83.2 Å². The van der Waals surface area contributed by atoms with Crippen molar-refractivity contribution in [1.82, 2.24) is 10.7 Å². The van der Waals surface area contributed by atoms with Crippen molar-refractivity contribution >= 4 is 29.7 Å². The molecule has 14 nitrogen and oxygen atoms in total. The number of rotatable bonds is 12. The minimum Gasteiger partial charge on any atom is -0.493 e. The molecule has 3 aromatic carbocycles. The van der Waals surface area contributed by atoms with Gasteiger partial charge in [0.15, 0.2) is 23.0 Å². The molecule has 3 aromatic rings. The number of nitro benzene ring substituents is 1. The van der Waals surface area contributed by atoms with Gasteiger partial charge in [-0.15, -0.1) is 0 Å². The summed E-state index contributed by atoms with van der Waals surface area (Å²) >= 11 is 0. The van der Waals surface area contributed by atoms with Gasteiger partial charge in [-0.25, -0.2) is 10.2 Å². The number of methoxy groups -OCH3 is 4. The van der Waals surface area contributed by atoms with E-state index >= 15 is 0 Å². The fraction of sp³-hybridized carbons (Fsp3) is 0.185. The van der Waals surface area contributed by atoms with Gasteiger partial charge in [-0.05, 0) is 48.0 Å². The van der Waals surface area contributed by atoms with Crippen molar-refractivity contribution < 1.29 is 43.0 Å². The predicted molar refractivity (Wildman–Crippen MR) is 145 cm³/mol. The maximum Gasteiger partial charge on any atom is 0.343 e. The van der Waals surface area contributed by atoms with Gasteiger partial charge in [0.2, 0.25) is 5.75 Å². The summed E-state index contributed by atoms with van der Waals surface area (Å²) in [5.74, 6) is -0.678. The molecule has 0 aliphatic rings. The second kappa shape index (κ2) is 13.9. The molecule has 14 heteroatoms. The van der Waals surface area contributed by atoms with Gasteiger partial charge in [0.05, 0.1) is 51.7 Å². The molecule has 2 N–H and O–H groups in total. The number of nitro groups is 1. The highest BCUT2D eigenvalue weighted by Crippen LogP contribution is 2.38. The van der Waals surface area contributed by atoms with Crippen LogP contribution in [0.1, 0.15) is 26.3 Å². The second-order valence-electron chi connectivity index (χ2n) is 7.99. The SMILES string of the molecule is COc1cc(/C=N/NC(=O)CNC(=O)c2cc(OC)c(OC)c(OC)c2)ccc1OC(=O)c1ccc([N+](=O)[O-])cc1. The number of nitrogens with one attached hydrogen (secondary N) is 2. The fourth-order valence-corrected chi connectivity index (χ4v) is 3.42. The molecule has 0 aliphatic heterocycles. The quantitative estimate of drug-likeness (QED) is 0.109. The lowest BCUT2D eigenvalue weighted by molar-refractivity contribution is -0.384. The Morgan fingerprint density at radius 3 is 2.02 bits per heavy atom. The van der Waals surface area contributed by atoms with Gasteiger partial charge in [0, 0.05) is 17.7 Å². The van der Waals surface area contributed by atoms with Gasteiger partial charge < -0.3 is 29.0 Å². The van der Waals surface area contributed by atoms with Gasteiger partial charge in [-0.3, -0.25) is 19.7 Å². The first kappa shape index (κ1) is 29.9. The molecule has 0 spiro atoms. The third kappa shape index (κ3) is 7.69. The molecule has 0 unspecified atom stereocenters. The summed E-state index contributed by atoms with van der Waals surface area (Å²) in [6, 6.07) is 12.4. The van der Waals surface area contributed by atoms with Crippen molar-refractivity contribution in [3.05, 3.63) is 81.4 Å². The van der Waals surface area contributed by atoms with Gasteiger partial charge in [-0.2, -0.15) is 5.10 Å². The summed E-state index contributed by atoms with van der Waals surface area (Å²) in [7, 11) is 5.65. The number of hydrazone groups is 1. The average Bonchev–Trinajstić information content (AvgIpc) is 2.99. The van der Waals surface area contributed by atoms with Crippen molar-refractivity contribution in [2.45, 2.75) is 0 Å². The van der Waals surface area contributed by atoms with Crippen LogP contribution in [-0.4, -0.2) is 63.9 Å². The molecule has 214 valence electrons. The molecule has 0 saturated carbocycles. The van der Waals surface area contributed by atoms with Crippen LogP contribution in [0.2, 0.25) is 0 Å². The third-order valence-electron chi connectivity index (χ3n) is 5.44. The van der Waals surface area contributed by atoms with Crippen LogP contribution < -0.4 is 34.4 Å². The third-order valence-corrected chi connectivity index (χ3v) is 5.44. The van der Waals surface area contributed by atoms with Gasteiger partial charge in [0.25, 0.3) is 17.5 Å². The van der Waals surface area contributed by atoms with Crippen LogP contribution >= 0.6 is 0 Å². The molecule has 3 rings (SSSR count). The summed E-state index contributed by atoms with van der Waals surface area (Å²) in [6.07, 6.45) is 1.32. The largest absolute Gasteiger partial charge is 0.493 e. The highest BCUT2D eigenvalue weighted by atomic mass is 16.6. The Morgan fingerprint density at radius 1 is 0.829 bits per heavy atom. The van der Waals surface area contributed by atoms with Gasteiger partial charge in [-0.1, -0.05) is 0 Å². The molecule has 0 atom stereocenters. The van der Waals surface area contributed by atoms with Crippen LogP contribution in [0.4, 0.5) is 5.69 Å². The molecular weight excluding hydrogens is 540 g/mol. The number of benzene rings is 3. The van der Waals surface area contributed by atoms with Crippen molar-refractivity contribution in [2.75, 3.05) is 35.0 Å². The van der Waals surface area contributed by atoms with Crippen LogP contribution in [0.15, 0.2) is 59.7 Å². The lowest BCUT2D eigenvalue weighted by Gasteiger charge is -2.14. The monoisotopic (exact) mass is 566 g/mol. The van der Waals surface area contributed by atoms with Crippen LogP contribution in [0.25, 0.3) is 0 Å². The maximum atomic E-state index is 12.5. The molecule has 0 aromatic heterocycles. The van der Waals surface area contributed by atoms with E-state index in [-0.39, 0.29) is 46.4 Å². The number of esters is 1. The van der Waals surface area contributed by atoms with Crippen LogP contribution in [0, 0.1) is 10.1 Å². The fourth-order valence-electron chi connectivity index (χ4n) is 3.42. The van der Waals surface area contributed by atoms with Crippen molar-refractivity contribution in [3.63, 3.8) is 0 Å². The normalized spacial score (nSPS) is 10.4. The van der Waals surface area contributed by atoms with Crippen molar-refractivity contribution in [3.8, 4) is 28.7 Å². The number of ether oxygens (including phenoxy) is 5. The van der Waals surface area contributed by atoms with E-state index in [4.69, 9.17) is 23.7 Å². The molecule has 0 saturated heterocycles. The molecule has 0 bridgehead atoms. The summed E-state index contributed by atoms with van der Waals surface area (Å²) in [6.45, 7) is -0.367. The van der Waals surface area contributed by atoms with E-state index in [1.807, 2.05) is 0 Å². The Balaban J connectivity index is 1.57. The Hall–Kier alpha value is -5.66. The maximum absolute atomic E-state index is 12.5. The van der Waals surface area contributed by atoms with Crippen molar-refractivity contribution in [1.29, 1.82) is 0 Å². The standard InChI is InChI=1S/C27H26N4O10/c1-37-21-11-16(5-10-20(21)41-27(34)17-6-8-19(9-7-17)31(35)36)14-29-30-24(32)15-28-26(33)18-12-22(38-2)25(40-4)23(13-18)39-3/h5-14H,15H2,1-4H3,(H,28,33)(H,30,32)/b29-14+. The minimum atomic E-state index is -0.736. The minimum absolute atomic E-state index is 0.103. The van der Waals surface area contributed by atoms with Crippen LogP contribution in [0.5, 0.6) is 28.7 Å². The number of non-ortho nitro benzene ring substituents is 1. The average molecular weight is 567 g/mol. The summed E-state index contributed by atoms with van der Waals surface area (Å²) in [4.78, 5) is 47.3. The van der Waals surface area contributed by atoms with Gasteiger partial charge in [0.1, 0.15) is 0 Å². The predicted octanol–water partition coefficient (Wildman–Crippen LogP) is 2.73. The molecule has 0 fully saturated rings. The molecule has 0 heterocycles. The summed E-state index contributed by atoms with van der Waals surface area (Å²) < 4.78 is 26.3. The zero-order valence-corrected chi connectivity index (χ0v) is 22.5. The van der Waals surface area contributed by atoms with E-state index in [0.717, 1.165) is 0 Å².